The van der Waals surface area contributed by atoms with E-state index in [4.69, 9.17) is 22.1 Å². The minimum atomic E-state index is -0.857. The summed E-state index contributed by atoms with van der Waals surface area (Å²) >= 11 is 5.76. The molecule has 0 unspecified atom stereocenters. The van der Waals surface area contributed by atoms with Crippen LogP contribution in [-0.2, 0) is 0 Å². The van der Waals surface area contributed by atoms with Gasteiger partial charge in [0.05, 0.1) is 17.8 Å². The van der Waals surface area contributed by atoms with Crippen LogP contribution in [0.15, 0.2) is 18.5 Å². The molecule has 1 aromatic carbocycles. The van der Waals surface area contributed by atoms with Crippen LogP contribution in [0.25, 0.3) is 0 Å². The van der Waals surface area contributed by atoms with E-state index in [9.17, 15) is 8.78 Å². The molecule has 5 nitrogen and oxygen atoms in total. The van der Waals surface area contributed by atoms with E-state index in [1.807, 2.05) is 0 Å². The van der Waals surface area contributed by atoms with E-state index in [1.165, 1.54) is 13.4 Å². The van der Waals surface area contributed by atoms with E-state index in [1.54, 1.807) is 0 Å². The summed E-state index contributed by atoms with van der Waals surface area (Å²) in [4.78, 5) is 7.59. The lowest BCUT2D eigenvalue weighted by atomic mass is 10.3. The number of nitrogens with zero attached hydrogens (tertiary/aromatic N) is 2. The van der Waals surface area contributed by atoms with Crippen LogP contribution in [0.2, 0.25) is 5.02 Å². The topological polar surface area (TPSA) is 73.1 Å². The predicted octanol–water partition coefficient (Wildman–Crippen LogP) is 2.74. The number of nitrogens with one attached hydrogen (secondary N) is 1. The van der Waals surface area contributed by atoms with E-state index in [-0.39, 0.29) is 28.1 Å². The van der Waals surface area contributed by atoms with Gasteiger partial charge in [0.15, 0.2) is 17.5 Å². The fourth-order valence-electron chi connectivity index (χ4n) is 1.46. The highest BCUT2D eigenvalue weighted by Crippen LogP contribution is 2.33. The zero-order valence-corrected chi connectivity index (χ0v) is 10.5. The van der Waals surface area contributed by atoms with Gasteiger partial charge in [0.25, 0.3) is 0 Å². The predicted molar refractivity (Wildman–Crippen MR) is 67.6 cm³/mol. The molecule has 0 saturated heterocycles. The maximum absolute atomic E-state index is 13.6. The van der Waals surface area contributed by atoms with E-state index in [0.29, 0.717) is 6.07 Å². The summed E-state index contributed by atoms with van der Waals surface area (Å²) in [5.74, 6) is -1.28. The second-order valence-corrected chi connectivity index (χ2v) is 3.92. The van der Waals surface area contributed by atoms with Crippen LogP contribution in [-0.4, -0.2) is 17.1 Å². The molecule has 0 radical (unpaired) electrons. The van der Waals surface area contributed by atoms with Crippen molar-refractivity contribution in [2.24, 2.45) is 0 Å². The molecular weight excluding hydrogens is 278 g/mol. The Morgan fingerprint density at radius 1 is 1.32 bits per heavy atom. The van der Waals surface area contributed by atoms with Gasteiger partial charge in [-0.05, 0) is 6.07 Å². The summed E-state index contributed by atoms with van der Waals surface area (Å²) in [5.41, 5.74) is 5.46. The molecule has 0 aliphatic carbocycles. The molecule has 0 fully saturated rings. The molecule has 1 aromatic heterocycles. The lowest BCUT2D eigenvalue weighted by molar-refractivity contribution is 0.415. The summed E-state index contributed by atoms with van der Waals surface area (Å²) in [5, 5.41) is 2.47. The van der Waals surface area contributed by atoms with E-state index in [0.717, 1.165) is 6.07 Å². The number of benzene rings is 1. The molecule has 3 N–H and O–H groups in total. The van der Waals surface area contributed by atoms with Crippen LogP contribution in [0.5, 0.6) is 5.75 Å². The third-order valence-electron chi connectivity index (χ3n) is 2.29. The molecule has 0 aliphatic heterocycles. The Kier molecular flexibility index (Phi) is 3.66. The molecule has 0 amide bonds. The van der Waals surface area contributed by atoms with Crippen LogP contribution in [0, 0.1) is 11.6 Å². The zero-order chi connectivity index (χ0) is 14.0. The fourth-order valence-corrected chi connectivity index (χ4v) is 1.70. The van der Waals surface area contributed by atoms with Crippen molar-refractivity contribution in [3.63, 3.8) is 0 Å². The second kappa shape index (κ2) is 5.23. The molecular formula is C11H9ClF2N4O. The number of nitrogen functional groups attached to an aromatic ring is 1. The highest BCUT2D eigenvalue weighted by molar-refractivity contribution is 6.33. The van der Waals surface area contributed by atoms with Gasteiger partial charge in [-0.2, -0.15) is 0 Å². The number of hydrogen-bond donors (Lipinski definition) is 2. The summed E-state index contributed by atoms with van der Waals surface area (Å²) in [6, 6.07) is 1.68. The monoisotopic (exact) mass is 286 g/mol. The number of halogens is 3. The Bertz CT molecular complexity index is 601. The lowest BCUT2D eigenvalue weighted by Crippen LogP contribution is -2.04. The van der Waals surface area contributed by atoms with Crippen LogP contribution < -0.4 is 15.8 Å². The smallest absolute Gasteiger partial charge is 0.204 e. The highest BCUT2D eigenvalue weighted by Gasteiger charge is 2.15. The molecule has 8 heteroatoms. The van der Waals surface area contributed by atoms with E-state index >= 15 is 0 Å². The van der Waals surface area contributed by atoms with Gasteiger partial charge in [-0.3, -0.25) is 0 Å². The Morgan fingerprint density at radius 3 is 2.68 bits per heavy atom. The molecule has 2 rings (SSSR count). The average Bonchev–Trinajstić information content (AvgIpc) is 2.34. The van der Waals surface area contributed by atoms with Gasteiger partial charge in [0.1, 0.15) is 12.1 Å². The summed E-state index contributed by atoms with van der Waals surface area (Å²) < 4.78 is 31.6. The minimum Gasteiger partial charge on any atom is -0.490 e. The first-order valence-electron chi connectivity index (χ1n) is 5.09. The standard InChI is InChI=1S/C11H9ClF2N4O/c1-19-9-10(15)16-4-17-11(9)18-8-6(12)2-5(13)3-7(8)14/h2-4H,1H3,(H3,15,16,17,18). The lowest BCUT2D eigenvalue weighted by Gasteiger charge is -2.12. The Morgan fingerprint density at radius 2 is 2.05 bits per heavy atom. The molecule has 0 spiro atoms. The third kappa shape index (κ3) is 2.65. The van der Waals surface area contributed by atoms with E-state index in [2.05, 4.69) is 15.3 Å². The quantitative estimate of drug-likeness (QED) is 0.907. The Balaban J connectivity index is 2.45. The van der Waals surface area contributed by atoms with Crippen molar-refractivity contribution in [1.29, 1.82) is 0 Å². The van der Waals surface area contributed by atoms with Gasteiger partial charge in [0.2, 0.25) is 5.75 Å². The van der Waals surface area contributed by atoms with Crippen molar-refractivity contribution in [2.45, 2.75) is 0 Å². The van der Waals surface area contributed by atoms with Crippen molar-refractivity contribution < 1.29 is 13.5 Å². The maximum atomic E-state index is 13.6. The average molecular weight is 287 g/mol. The largest absolute Gasteiger partial charge is 0.490 e. The van der Waals surface area contributed by atoms with Gasteiger partial charge < -0.3 is 15.8 Å². The number of hydrogen-bond acceptors (Lipinski definition) is 5. The molecule has 1 heterocycles. The van der Waals surface area contributed by atoms with Crippen molar-refractivity contribution in [2.75, 3.05) is 18.2 Å². The van der Waals surface area contributed by atoms with Gasteiger partial charge in [0, 0.05) is 6.07 Å². The normalized spacial score (nSPS) is 10.3. The first-order chi connectivity index (χ1) is 9.02. The van der Waals surface area contributed by atoms with E-state index < -0.39 is 11.6 Å². The van der Waals surface area contributed by atoms with Gasteiger partial charge in [-0.15, -0.1) is 0 Å². The third-order valence-corrected chi connectivity index (χ3v) is 2.58. The number of ether oxygens (including phenoxy) is 1. The Labute approximate surface area is 112 Å². The summed E-state index contributed by atoms with van der Waals surface area (Å²) in [7, 11) is 1.36. The van der Waals surface area contributed by atoms with Crippen molar-refractivity contribution in [3.05, 3.63) is 35.1 Å². The first kappa shape index (κ1) is 13.3. The first-order valence-corrected chi connectivity index (χ1v) is 5.46. The van der Waals surface area contributed by atoms with Gasteiger partial charge >= 0.3 is 0 Å². The van der Waals surface area contributed by atoms with Crippen molar-refractivity contribution >= 4 is 28.9 Å². The highest BCUT2D eigenvalue weighted by atomic mass is 35.5. The summed E-state index contributed by atoms with van der Waals surface area (Å²) in [6.07, 6.45) is 1.18. The number of anilines is 3. The summed E-state index contributed by atoms with van der Waals surface area (Å²) in [6.45, 7) is 0. The van der Waals surface area contributed by atoms with Crippen LogP contribution in [0.1, 0.15) is 0 Å². The fraction of sp³-hybridized carbons (Fsp3) is 0.0909. The second-order valence-electron chi connectivity index (χ2n) is 3.51. The SMILES string of the molecule is COc1c(N)ncnc1Nc1c(F)cc(F)cc1Cl. The number of nitrogens with two attached hydrogens (primary N) is 1. The van der Waals surface area contributed by atoms with Gasteiger partial charge in [-0.25, -0.2) is 18.7 Å². The number of rotatable bonds is 3. The molecule has 0 aliphatic rings. The van der Waals surface area contributed by atoms with Crippen molar-refractivity contribution in [1.82, 2.24) is 9.97 Å². The maximum Gasteiger partial charge on any atom is 0.204 e. The molecule has 2 aromatic rings. The number of methoxy groups -OCH3 is 1. The van der Waals surface area contributed by atoms with Gasteiger partial charge in [-0.1, -0.05) is 11.6 Å². The Hall–Kier alpha value is -2.15. The molecule has 0 saturated carbocycles. The van der Waals surface area contributed by atoms with Crippen LogP contribution in [0.4, 0.5) is 26.1 Å². The molecule has 19 heavy (non-hydrogen) atoms. The molecule has 100 valence electrons. The number of aromatic nitrogens is 2. The van der Waals surface area contributed by atoms with Crippen LogP contribution in [0.3, 0.4) is 0 Å². The zero-order valence-electron chi connectivity index (χ0n) is 9.75. The minimum absolute atomic E-state index is 0.0821. The van der Waals surface area contributed by atoms with Crippen molar-refractivity contribution in [3.8, 4) is 5.75 Å². The van der Waals surface area contributed by atoms with Crippen LogP contribution >= 0.6 is 11.6 Å². The molecule has 0 atom stereocenters. The molecule has 0 bridgehead atoms.